The predicted octanol–water partition coefficient (Wildman–Crippen LogP) is 2.18. The van der Waals surface area contributed by atoms with E-state index in [2.05, 4.69) is 17.1 Å². The SMILES string of the molecule is O=CN1CC2(C1)CN(C(=O)c1cncs1)CC2COCc1cccc(C2CCOCC2)n1. The summed E-state index contributed by atoms with van der Waals surface area (Å²) in [7, 11) is 0. The number of hydrogen-bond donors (Lipinski definition) is 0. The molecule has 32 heavy (non-hydrogen) atoms. The summed E-state index contributed by atoms with van der Waals surface area (Å²) >= 11 is 1.36. The lowest BCUT2D eigenvalue weighted by atomic mass is 9.72. The lowest BCUT2D eigenvalue weighted by molar-refractivity contribution is -0.132. The first-order valence-corrected chi connectivity index (χ1v) is 12.0. The summed E-state index contributed by atoms with van der Waals surface area (Å²) in [5.74, 6) is 0.663. The van der Waals surface area contributed by atoms with Crippen LogP contribution >= 0.6 is 11.3 Å². The van der Waals surface area contributed by atoms with Gasteiger partial charge in [-0.3, -0.25) is 19.6 Å². The maximum atomic E-state index is 12.9. The Kier molecular flexibility index (Phi) is 6.21. The van der Waals surface area contributed by atoms with Crippen molar-refractivity contribution in [1.29, 1.82) is 0 Å². The molecular formula is C23H28N4O4S. The second-order valence-electron chi connectivity index (χ2n) is 9.08. The normalized spacial score (nSPS) is 22.8. The highest BCUT2D eigenvalue weighted by Gasteiger charge is 2.55. The zero-order valence-corrected chi connectivity index (χ0v) is 18.8. The third-order valence-electron chi connectivity index (χ3n) is 6.96. The van der Waals surface area contributed by atoms with Gasteiger partial charge >= 0.3 is 0 Å². The van der Waals surface area contributed by atoms with Crippen LogP contribution in [-0.4, -0.2) is 78.1 Å². The number of ether oxygens (including phenoxy) is 2. The number of likely N-dealkylation sites (tertiary alicyclic amines) is 2. The highest BCUT2D eigenvalue weighted by molar-refractivity contribution is 7.11. The summed E-state index contributed by atoms with van der Waals surface area (Å²) in [5.41, 5.74) is 3.65. The van der Waals surface area contributed by atoms with Crippen LogP contribution < -0.4 is 0 Å². The molecule has 5 rings (SSSR count). The lowest BCUT2D eigenvalue weighted by Crippen LogP contribution is -2.60. The molecule has 1 atom stereocenters. The highest BCUT2D eigenvalue weighted by Crippen LogP contribution is 2.44. The summed E-state index contributed by atoms with van der Waals surface area (Å²) in [6.07, 6.45) is 4.54. The van der Waals surface area contributed by atoms with Crippen molar-refractivity contribution in [2.45, 2.75) is 25.4 Å². The van der Waals surface area contributed by atoms with Gasteiger partial charge in [-0.15, -0.1) is 11.3 Å². The fraction of sp³-hybridized carbons (Fsp3) is 0.565. The van der Waals surface area contributed by atoms with Crippen molar-refractivity contribution in [3.8, 4) is 0 Å². The van der Waals surface area contributed by atoms with E-state index in [1.54, 1.807) is 16.6 Å². The number of carbonyl (C=O) groups excluding carboxylic acids is 2. The zero-order chi connectivity index (χ0) is 22.0. The molecule has 1 spiro atoms. The van der Waals surface area contributed by atoms with Gasteiger partial charge in [-0.25, -0.2) is 0 Å². The topological polar surface area (TPSA) is 84.9 Å². The van der Waals surface area contributed by atoms with Crippen LogP contribution in [0.5, 0.6) is 0 Å². The first-order valence-electron chi connectivity index (χ1n) is 11.2. The Balaban J connectivity index is 1.21. The lowest BCUT2D eigenvalue weighted by Gasteiger charge is -2.49. The fourth-order valence-corrected chi connectivity index (χ4v) is 5.78. The molecule has 9 heteroatoms. The van der Waals surface area contributed by atoms with Gasteiger partial charge in [-0.2, -0.15) is 0 Å². The quantitative estimate of drug-likeness (QED) is 0.594. The number of thiazole rings is 1. The summed E-state index contributed by atoms with van der Waals surface area (Å²) in [5, 5.41) is 0. The summed E-state index contributed by atoms with van der Waals surface area (Å²) < 4.78 is 11.6. The second kappa shape index (κ2) is 9.25. The maximum Gasteiger partial charge on any atom is 0.265 e. The average molecular weight is 457 g/mol. The van der Waals surface area contributed by atoms with Crippen LogP contribution in [0, 0.1) is 11.3 Å². The molecule has 8 nitrogen and oxygen atoms in total. The van der Waals surface area contributed by atoms with Crippen molar-refractivity contribution in [2.75, 3.05) is 46.0 Å². The Morgan fingerprint density at radius 1 is 1.28 bits per heavy atom. The molecule has 1 unspecified atom stereocenters. The Bertz CT molecular complexity index is 941. The molecule has 3 aliphatic rings. The molecule has 0 aliphatic carbocycles. The molecular weight excluding hydrogens is 428 g/mol. The molecule has 0 radical (unpaired) electrons. The molecule has 3 aliphatic heterocycles. The third kappa shape index (κ3) is 4.29. The number of aromatic nitrogens is 2. The smallest absolute Gasteiger partial charge is 0.265 e. The Morgan fingerprint density at radius 3 is 2.88 bits per heavy atom. The van der Waals surface area contributed by atoms with Crippen molar-refractivity contribution in [3.63, 3.8) is 0 Å². The Labute approximate surface area is 191 Å². The highest BCUT2D eigenvalue weighted by atomic mass is 32.1. The molecule has 2 aromatic heterocycles. The summed E-state index contributed by atoms with van der Waals surface area (Å²) in [6.45, 7) is 5.23. The summed E-state index contributed by atoms with van der Waals surface area (Å²) in [6, 6.07) is 6.15. The fourth-order valence-electron chi connectivity index (χ4n) is 5.20. The van der Waals surface area contributed by atoms with Gasteiger partial charge in [0.05, 0.1) is 30.6 Å². The van der Waals surface area contributed by atoms with Gasteiger partial charge in [-0.05, 0) is 25.0 Å². The largest absolute Gasteiger partial charge is 0.381 e. The summed E-state index contributed by atoms with van der Waals surface area (Å²) in [4.78, 5) is 37.2. The van der Waals surface area contributed by atoms with Crippen LogP contribution in [0.3, 0.4) is 0 Å². The maximum absolute atomic E-state index is 12.9. The van der Waals surface area contributed by atoms with E-state index in [4.69, 9.17) is 14.5 Å². The average Bonchev–Trinajstić information content (AvgIpc) is 3.47. The van der Waals surface area contributed by atoms with Crippen LogP contribution in [0.2, 0.25) is 0 Å². The van der Waals surface area contributed by atoms with Gasteiger partial charge in [0.2, 0.25) is 6.41 Å². The molecule has 0 saturated carbocycles. The monoisotopic (exact) mass is 456 g/mol. The minimum absolute atomic E-state index is 0.0183. The van der Waals surface area contributed by atoms with Crippen LogP contribution in [0.1, 0.15) is 39.8 Å². The van der Waals surface area contributed by atoms with Crippen molar-refractivity contribution in [2.24, 2.45) is 11.3 Å². The van der Waals surface area contributed by atoms with Crippen molar-refractivity contribution in [3.05, 3.63) is 46.2 Å². The van der Waals surface area contributed by atoms with Gasteiger partial charge < -0.3 is 19.3 Å². The number of hydrogen-bond acceptors (Lipinski definition) is 7. The van der Waals surface area contributed by atoms with Gasteiger partial charge in [0, 0.05) is 62.3 Å². The van der Waals surface area contributed by atoms with Gasteiger partial charge in [-0.1, -0.05) is 6.07 Å². The molecule has 170 valence electrons. The van der Waals surface area contributed by atoms with E-state index < -0.39 is 0 Å². The number of pyridine rings is 1. The van der Waals surface area contributed by atoms with Crippen LogP contribution in [0.4, 0.5) is 0 Å². The third-order valence-corrected chi connectivity index (χ3v) is 7.73. The van der Waals surface area contributed by atoms with Gasteiger partial charge in [0.1, 0.15) is 4.88 Å². The number of rotatable bonds is 7. The van der Waals surface area contributed by atoms with Crippen LogP contribution in [0.15, 0.2) is 29.9 Å². The van der Waals surface area contributed by atoms with E-state index in [1.807, 2.05) is 11.0 Å². The van der Waals surface area contributed by atoms with Gasteiger partial charge in [0.25, 0.3) is 5.91 Å². The van der Waals surface area contributed by atoms with E-state index >= 15 is 0 Å². The predicted molar refractivity (Wildman–Crippen MR) is 118 cm³/mol. The molecule has 0 bridgehead atoms. The number of nitrogens with zero attached hydrogens (tertiary/aromatic N) is 4. The van der Waals surface area contributed by atoms with Crippen molar-refractivity contribution < 1.29 is 19.1 Å². The Morgan fingerprint density at radius 2 is 2.12 bits per heavy atom. The van der Waals surface area contributed by atoms with E-state index in [0.717, 1.165) is 43.9 Å². The molecule has 2 amide bonds. The minimum atomic E-state index is -0.0847. The van der Waals surface area contributed by atoms with E-state index in [-0.39, 0.29) is 17.2 Å². The van der Waals surface area contributed by atoms with E-state index in [9.17, 15) is 9.59 Å². The Hall–Kier alpha value is -2.36. The number of carbonyl (C=O) groups is 2. The first-order chi connectivity index (χ1) is 15.7. The first kappa shape index (κ1) is 21.5. The van der Waals surface area contributed by atoms with E-state index in [1.165, 1.54) is 11.3 Å². The van der Waals surface area contributed by atoms with Gasteiger partial charge in [0.15, 0.2) is 0 Å². The molecule has 2 aromatic rings. The van der Waals surface area contributed by atoms with Crippen molar-refractivity contribution >= 4 is 23.7 Å². The molecule has 5 heterocycles. The molecule has 0 aromatic carbocycles. The molecule has 3 saturated heterocycles. The minimum Gasteiger partial charge on any atom is -0.381 e. The van der Waals surface area contributed by atoms with Crippen molar-refractivity contribution in [1.82, 2.24) is 19.8 Å². The van der Waals surface area contributed by atoms with Crippen LogP contribution in [-0.2, 0) is 20.9 Å². The zero-order valence-electron chi connectivity index (χ0n) is 18.0. The van der Waals surface area contributed by atoms with E-state index in [0.29, 0.717) is 50.2 Å². The standard InChI is InChI=1S/C23H28N4O4S/c28-16-26-12-23(13-26)14-27(22(29)21-8-24-15-32-21)9-18(23)10-31-11-19-2-1-3-20(25-19)17-4-6-30-7-5-17/h1-3,8,15-18H,4-7,9-14H2. The molecule has 0 N–H and O–H groups in total. The number of amides is 2. The van der Waals surface area contributed by atoms with Crippen LogP contribution in [0.25, 0.3) is 0 Å². The molecule has 3 fully saturated rings. The second-order valence-corrected chi connectivity index (χ2v) is 9.96.